The summed E-state index contributed by atoms with van der Waals surface area (Å²) in [5.74, 6) is -0.825. The third kappa shape index (κ3) is 3.67. The van der Waals surface area contributed by atoms with Crippen LogP contribution in [0.4, 0.5) is 5.69 Å². The van der Waals surface area contributed by atoms with Gasteiger partial charge in [0.2, 0.25) is 11.7 Å². The summed E-state index contributed by atoms with van der Waals surface area (Å²) in [4.78, 5) is 34.9. The summed E-state index contributed by atoms with van der Waals surface area (Å²) < 4.78 is 15.6. The molecule has 1 aliphatic heterocycles. The normalized spacial score (nSPS) is 14.0. The Balaban J connectivity index is 2.03. The molecule has 9 nitrogen and oxygen atoms in total. The minimum absolute atomic E-state index is 0.0160. The number of methoxy groups -OCH3 is 3. The largest absolute Gasteiger partial charge is 0.493 e. The lowest BCUT2D eigenvalue weighted by molar-refractivity contribution is -0.128. The van der Waals surface area contributed by atoms with Gasteiger partial charge in [0.1, 0.15) is 5.92 Å². The number of amides is 3. The summed E-state index contributed by atoms with van der Waals surface area (Å²) in [6, 6.07) is 3.18. The second-order valence-corrected chi connectivity index (χ2v) is 5.03. The zero-order valence-electron chi connectivity index (χ0n) is 13.6. The van der Waals surface area contributed by atoms with Crippen molar-refractivity contribution in [1.29, 1.82) is 0 Å². The van der Waals surface area contributed by atoms with Gasteiger partial charge in [0.15, 0.2) is 11.5 Å². The first kappa shape index (κ1) is 17.4. The van der Waals surface area contributed by atoms with Crippen LogP contribution in [0.15, 0.2) is 12.1 Å². The van der Waals surface area contributed by atoms with E-state index in [1.54, 1.807) is 12.1 Å². The molecule has 0 aliphatic carbocycles. The molecule has 1 fully saturated rings. The Bertz CT molecular complexity index is 620. The first-order valence-electron chi connectivity index (χ1n) is 7.19. The SMILES string of the molecule is COc1cc(NC(=O)CCC2C(=O)NNC2=O)cc(OC)c1OC. The first-order chi connectivity index (χ1) is 11.5. The van der Waals surface area contributed by atoms with Crippen LogP contribution in [0.1, 0.15) is 12.8 Å². The van der Waals surface area contributed by atoms with Crippen LogP contribution < -0.4 is 30.4 Å². The summed E-state index contributed by atoms with van der Waals surface area (Å²) in [5.41, 5.74) is 4.89. The first-order valence-corrected chi connectivity index (χ1v) is 7.19. The van der Waals surface area contributed by atoms with Crippen LogP contribution in [0.2, 0.25) is 0 Å². The van der Waals surface area contributed by atoms with E-state index in [2.05, 4.69) is 16.2 Å². The maximum Gasteiger partial charge on any atom is 0.251 e. The molecule has 3 N–H and O–H groups in total. The van der Waals surface area contributed by atoms with Gasteiger partial charge in [-0.2, -0.15) is 0 Å². The molecule has 9 heteroatoms. The molecular weight excluding hydrogens is 318 g/mol. The van der Waals surface area contributed by atoms with Gasteiger partial charge in [0.25, 0.3) is 11.8 Å². The molecule has 1 aliphatic rings. The third-order valence-electron chi connectivity index (χ3n) is 3.55. The van der Waals surface area contributed by atoms with E-state index in [-0.39, 0.29) is 18.7 Å². The maximum absolute atomic E-state index is 12.0. The Morgan fingerprint density at radius 1 is 1.04 bits per heavy atom. The smallest absolute Gasteiger partial charge is 0.251 e. The molecule has 0 radical (unpaired) electrons. The molecule has 1 aromatic carbocycles. The standard InChI is InChI=1S/C15H19N3O6/c1-22-10-6-8(7-11(23-2)13(10)24-3)16-12(19)5-4-9-14(20)17-18-15(9)21/h6-7,9H,4-5H2,1-3H3,(H,16,19)(H,17,20)(H,18,21). The molecule has 2 rings (SSSR count). The highest BCUT2D eigenvalue weighted by Crippen LogP contribution is 2.39. The van der Waals surface area contributed by atoms with E-state index in [4.69, 9.17) is 14.2 Å². The van der Waals surface area contributed by atoms with Crippen molar-refractivity contribution in [3.63, 3.8) is 0 Å². The number of carbonyl (C=O) groups excluding carboxylic acids is 3. The number of nitrogens with one attached hydrogen (secondary N) is 3. The summed E-state index contributed by atoms with van der Waals surface area (Å²) in [7, 11) is 4.43. The number of hydrazine groups is 1. The van der Waals surface area contributed by atoms with E-state index >= 15 is 0 Å². The number of benzene rings is 1. The number of ether oxygens (including phenoxy) is 3. The summed E-state index contributed by atoms with van der Waals surface area (Å²) in [6.45, 7) is 0. The van der Waals surface area contributed by atoms with E-state index in [9.17, 15) is 14.4 Å². The molecule has 0 aromatic heterocycles. The molecule has 130 valence electrons. The fourth-order valence-electron chi connectivity index (χ4n) is 2.33. The van der Waals surface area contributed by atoms with E-state index in [1.807, 2.05) is 0 Å². The predicted octanol–water partition coefficient (Wildman–Crippen LogP) is 0.208. The van der Waals surface area contributed by atoms with Gasteiger partial charge in [0, 0.05) is 24.2 Å². The van der Waals surface area contributed by atoms with Crippen molar-refractivity contribution < 1.29 is 28.6 Å². The minimum atomic E-state index is -0.851. The number of rotatable bonds is 7. The lowest BCUT2D eigenvalue weighted by Gasteiger charge is -2.14. The van der Waals surface area contributed by atoms with Crippen molar-refractivity contribution in [3.05, 3.63) is 12.1 Å². The second-order valence-electron chi connectivity index (χ2n) is 5.03. The topological polar surface area (TPSA) is 115 Å². The Hall–Kier alpha value is -2.97. The monoisotopic (exact) mass is 337 g/mol. The Morgan fingerprint density at radius 2 is 1.58 bits per heavy atom. The van der Waals surface area contributed by atoms with E-state index < -0.39 is 17.7 Å². The average Bonchev–Trinajstić information content (AvgIpc) is 2.90. The van der Waals surface area contributed by atoms with Crippen molar-refractivity contribution in [2.45, 2.75) is 12.8 Å². The highest BCUT2D eigenvalue weighted by atomic mass is 16.5. The van der Waals surface area contributed by atoms with Crippen LogP contribution in [-0.4, -0.2) is 39.1 Å². The molecule has 3 amide bonds. The van der Waals surface area contributed by atoms with Gasteiger partial charge in [-0.05, 0) is 6.42 Å². The summed E-state index contributed by atoms with van der Waals surface area (Å²) in [6.07, 6.45) is 0.135. The fraction of sp³-hybridized carbons (Fsp3) is 0.400. The second kappa shape index (κ2) is 7.53. The number of carbonyl (C=O) groups is 3. The summed E-state index contributed by atoms with van der Waals surface area (Å²) in [5, 5.41) is 2.68. The molecule has 0 atom stereocenters. The lowest BCUT2D eigenvalue weighted by Crippen LogP contribution is -2.28. The quantitative estimate of drug-likeness (QED) is 0.613. The van der Waals surface area contributed by atoms with Crippen LogP contribution in [0.5, 0.6) is 17.2 Å². The highest BCUT2D eigenvalue weighted by Gasteiger charge is 2.32. The molecule has 1 heterocycles. The van der Waals surface area contributed by atoms with Gasteiger partial charge in [0.05, 0.1) is 21.3 Å². The van der Waals surface area contributed by atoms with Crippen LogP contribution >= 0.6 is 0 Å². The molecule has 0 saturated carbocycles. The van der Waals surface area contributed by atoms with Crippen molar-refractivity contribution in [2.75, 3.05) is 26.6 Å². The van der Waals surface area contributed by atoms with Crippen LogP contribution in [0.3, 0.4) is 0 Å². The molecule has 0 unspecified atom stereocenters. The fourth-order valence-corrected chi connectivity index (χ4v) is 2.33. The lowest BCUT2D eigenvalue weighted by atomic mass is 10.0. The number of hydrogen-bond acceptors (Lipinski definition) is 6. The zero-order chi connectivity index (χ0) is 17.7. The van der Waals surface area contributed by atoms with Gasteiger partial charge >= 0.3 is 0 Å². The van der Waals surface area contributed by atoms with Gasteiger partial charge in [-0.25, -0.2) is 0 Å². The van der Waals surface area contributed by atoms with Gasteiger partial charge in [-0.15, -0.1) is 0 Å². The van der Waals surface area contributed by atoms with E-state index in [0.717, 1.165) is 0 Å². The zero-order valence-corrected chi connectivity index (χ0v) is 13.6. The molecule has 1 saturated heterocycles. The average molecular weight is 337 g/mol. The minimum Gasteiger partial charge on any atom is -0.493 e. The van der Waals surface area contributed by atoms with Gasteiger partial charge in [-0.3, -0.25) is 25.2 Å². The maximum atomic E-state index is 12.0. The molecule has 1 aromatic rings. The highest BCUT2D eigenvalue weighted by molar-refractivity contribution is 6.05. The predicted molar refractivity (Wildman–Crippen MR) is 83.7 cm³/mol. The van der Waals surface area contributed by atoms with Crippen molar-refractivity contribution in [1.82, 2.24) is 10.9 Å². The number of anilines is 1. The third-order valence-corrected chi connectivity index (χ3v) is 3.55. The van der Waals surface area contributed by atoms with Crippen LogP contribution in [0, 0.1) is 5.92 Å². The Morgan fingerprint density at radius 3 is 2.04 bits per heavy atom. The number of hydrogen-bond donors (Lipinski definition) is 3. The van der Waals surface area contributed by atoms with Crippen molar-refractivity contribution in [3.8, 4) is 17.2 Å². The Kier molecular flexibility index (Phi) is 5.46. The van der Waals surface area contributed by atoms with Crippen LogP contribution in [0.25, 0.3) is 0 Å². The van der Waals surface area contributed by atoms with Crippen LogP contribution in [-0.2, 0) is 14.4 Å². The van der Waals surface area contributed by atoms with E-state index in [0.29, 0.717) is 22.9 Å². The molecule has 0 spiro atoms. The van der Waals surface area contributed by atoms with Gasteiger partial charge in [-0.1, -0.05) is 0 Å². The Labute approximate surface area is 138 Å². The molecule has 24 heavy (non-hydrogen) atoms. The molecular formula is C15H19N3O6. The summed E-state index contributed by atoms with van der Waals surface area (Å²) >= 11 is 0. The van der Waals surface area contributed by atoms with E-state index in [1.165, 1.54) is 21.3 Å². The van der Waals surface area contributed by atoms with Gasteiger partial charge < -0.3 is 19.5 Å². The molecule has 0 bridgehead atoms. The van der Waals surface area contributed by atoms with Crippen molar-refractivity contribution in [2.24, 2.45) is 5.92 Å². The van der Waals surface area contributed by atoms with Crippen molar-refractivity contribution >= 4 is 23.4 Å².